The van der Waals surface area contributed by atoms with Gasteiger partial charge in [-0.15, -0.1) is 0 Å². The predicted molar refractivity (Wildman–Crippen MR) is 146 cm³/mol. The topological polar surface area (TPSA) is 103 Å². The molecule has 1 aliphatic carbocycles. The Morgan fingerprint density at radius 2 is 1.89 bits per heavy atom. The average Bonchev–Trinajstić information content (AvgIpc) is 3.44. The third kappa shape index (κ3) is 4.77. The summed E-state index contributed by atoms with van der Waals surface area (Å²) in [5.74, 6) is 2.33. The van der Waals surface area contributed by atoms with E-state index in [1.807, 2.05) is 12.1 Å². The predicted octanol–water partition coefficient (Wildman–Crippen LogP) is 3.17. The largest absolute Gasteiger partial charge is 0.495 e. The highest BCUT2D eigenvalue weighted by molar-refractivity contribution is 5.97. The minimum absolute atomic E-state index is 0.0739. The van der Waals surface area contributed by atoms with Gasteiger partial charge in [0.05, 0.1) is 19.0 Å². The highest BCUT2D eigenvalue weighted by atomic mass is 16.5. The van der Waals surface area contributed by atoms with Crippen molar-refractivity contribution in [2.75, 3.05) is 55.5 Å². The fraction of sp³-hybridized carbons (Fsp3) is 0.571. The Morgan fingerprint density at radius 3 is 2.61 bits per heavy atom. The highest BCUT2D eigenvalue weighted by Crippen LogP contribution is 2.37. The maximum atomic E-state index is 13.1. The minimum Gasteiger partial charge on any atom is -0.495 e. The van der Waals surface area contributed by atoms with Gasteiger partial charge in [-0.1, -0.05) is 12.8 Å². The molecule has 1 saturated carbocycles. The second kappa shape index (κ2) is 10.4. The average molecular weight is 520 g/mol. The molecule has 3 saturated heterocycles. The Hall–Kier alpha value is -3.40. The number of nitrogens with zero attached hydrogens (tertiary/aromatic N) is 5. The molecule has 4 fully saturated rings. The molecule has 4 aliphatic heterocycles. The summed E-state index contributed by atoms with van der Waals surface area (Å²) in [5, 5.41) is 6.53. The summed E-state index contributed by atoms with van der Waals surface area (Å²) in [4.78, 5) is 41.5. The summed E-state index contributed by atoms with van der Waals surface area (Å²) in [6.07, 6.45) is 9.11. The summed E-state index contributed by atoms with van der Waals surface area (Å²) in [7, 11) is 3.38. The first-order valence-electron chi connectivity index (χ1n) is 13.9. The number of anilines is 4. The van der Waals surface area contributed by atoms with E-state index in [0.717, 1.165) is 56.8 Å². The van der Waals surface area contributed by atoms with Crippen molar-refractivity contribution in [3.05, 3.63) is 30.0 Å². The van der Waals surface area contributed by atoms with Crippen molar-refractivity contribution in [2.24, 2.45) is 5.92 Å². The van der Waals surface area contributed by atoms with Crippen LogP contribution in [0.5, 0.6) is 5.75 Å². The van der Waals surface area contributed by atoms with Gasteiger partial charge in [-0.25, -0.2) is 4.98 Å². The van der Waals surface area contributed by atoms with E-state index in [-0.39, 0.29) is 17.9 Å². The number of rotatable bonds is 6. The first-order chi connectivity index (χ1) is 18.5. The lowest BCUT2D eigenvalue weighted by atomic mass is 9.84. The second-order valence-corrected chi connectivity index (χ2v) is 11.0. The number of carbonyl (C=O) groups is 2. The van der Waals surface area contributed by atoms with Gasteiger partial charge < -0.3 is 30.1 Å². The van der Waals surface area contributed by atoms with Crippen molar-refractivity contribution < 1.29 is 14.3 Å². The molecule has 2 amide bonds. The number of nitrogens with one attached hydrogen (secondary N) is 2. The fourth-order valence-electron chi connectivity index (χ4n) is 6.51. The standard InChI is InChI=1S/C28H37N7O3/c1-33-23-16-29-28(32-26(23)35(14-11-25(33)36)20-5-3-4-6-20)31-21-8-7-19(15-24(21)38-2)27(37)30-22-17-34-12-9-18(22)10-13-34/h7-8,15-16,18,20,22H,3-6,9-14,17H2,1-2H3,(H,30,37)(H,29,31,32). The van der Waals surface area contributed by atoms with Crippen LogP contribution in [0.25, 0.3) is 0 Å². The number of carbonyl (C=O) groups excluding carboxylic acids is 2. The zero-order valence-corrected chi connectivity index (χ0v) is 22.3. The smallest absolute Gasteiger partial charge is 0.251 e. The molecular weight excluding hydrogens is 482 g/mol. The molecule has 2 bridgehead atoms. The van der Waals surface area contributed by atoms with E-state index in [2.05, 4.69) is 25.4 Å². The molecule has 5 aliphatic rings. The SMILES string of the molecule is COc1cc(C(=O)NC2CN3CCC2CC3)ccc1Nc1ncc2c(n1)N(C1CCCC1)CCC(=O)N2C. The number of fused-ring (bicyclic) bond motifs is 4. The molecule has 1 unspecified atom stereocenters. The molecule has 10 heteroatoms. The van der Waals surface area contributed by atoms with Crippen molar-refractivity contribution in [3.8, 4) is 5.75 Å². The van der Waals surface area contributed by atoms with E-state index in [0.29, 0.717) is 47.9 Å². The number of hydrogen-bond acceptors (Lipinski definition) is 8. The minimum atomic E-state index is -0.0743. The van der Waals surface area contributed by atoms with Crippen molar-refractivity contribution in [3.63, 3.8) is 0 Å². The lowest BCUT2D eigenvalue weighted by molar-refractivity contribution is -0.118. The molecule has 0 spiro atoms. The summed E-state index contributed by atoms with van der Waals surface area (Å²) < 4.78 is 5.64. The number of ether oxygens (including phenoxy) is 1. The van der Waals surface area contributed by atoms with Crippen LogP contribution in [0.4, 0.5) is 23.1 Å². The Balaban J connectivity index is 1.22. The van der Waals surface area contributed by atoms with Gasteiger partial charge in [0.15, 0.2) is 5.82 Å². The molecule has 38 heavy (non-hydrogen) atoms. The van der Waals surface area contributed by atoms with Gasteiger partial charge >= 0.3 is 0 Å². The third-order valence-electron chi connectivity index (χ3n) is 8.77. The van der Waals surface area contributed by atoms with E-state index < -0.39 is 0 Å². The van der Waals surface area contributed by atoms with E-state index in [1.54, 1.807) is 31.3 Å². The van der Waals surface area contributed by atoms with Gasteiger partial charge in [-0.2, -0.15) is 4.98 Å². The van der Waals surface area contributed by atoms with Crippen LogP contribution in [-0.2, 0) is 4.79 Å². The van der Waals surface area contributed by atoms with Crippen LogP contribution in [0.2, 0.25) is 0 Å². The molecule has 2 aromatic rings. The molecule has 0 radical (unpaired) electrons. The molecule has 2 N–H and O–H groups in total. The first-order valence-corrected chi connectivity index (χ1v) is 13.9. The Kier molecular flexibility index (Phi) is 6.82. The molecule has 7 rings (SSSR count). The van der Waals surface area contributed by atoms with Crippen molar-refractivity contribution in [2.45, 2.75) is 57.0 Å². The molecule has 1 atom stereocenters. The maximum absolute atomic E-state index is 13.1. The Labute approximate surface area is 223 Å². The van der Waals surface area contributed by atoms with Crippen LogP contribution >= 0.6 is 0 Å². The molecule has 10 nitrogen and oxygen atoms in total. The number of piperidine rings is 3. The van der Waals surface area contributed by atoms with Crippen LogP contribution < -0.4 is 25.2 Å². The van der Waals surface area contributed by atoms with Crippen LogP contribution in [0.15, 0.2) is 24.4 Å². The van der Waals surface area contributed by atoms with E-state index >= 15 is 0 Å². The number of methoxy groups -OCH3 is 1. The fourth-order valence-corrected chi connectivity index (χ4v) is 6.51. The van der Waals surface area contributed by atoms with Gasteiger partial charge in [0.1, 0.15) is 11.4 Å². The summed E-state index contributed by atoms with van der Waals surface area (Å²) in [5.41, 5.74) is 1.98. The van der Waals surface area contributed by atoms with Crippen molar-refractivity contribution >= 4 is 35.0 Å². The van der Waals surface area contributed by atoms with Crippen LogP contribution in [-0.4, -0.2) is 79.1 Å². The third-order valence-corrected chi connectivity index (χ3v) is 8.77. The van der Waals surface area contributed by atoms with Gasteiger partial charge in [-0.3, -0.25) is 9.59 Å². The number of benzene rings is 1. The number of aromatic nitrogens is 2. The summed E-state index contributed by atoms with van der Waals surface area (Å²) in [6.45, 7) is 3.87. The lowest BCUT2D eigenvalue weighted by Crippen LogP contribution is -2.57. The Morgan fingerprint density at radius 1 is 1.11 bits per heavy atom. The van der Waals surface area contributed by atoms with Crippen LogP contribution in [0.1, 0.15) is 55.3 Å². The molecule has 1 aromatic carbocycles. The maximum Gasteiger partial charge on any atom is 0.251 e. The van der Waals surface area contributed by atoms with Gasteiger partial charge in [0.25, 0.3) is 5.91 Å². The van der Waals surface area contributed by atoms with Crippen LogP contribution in [0, 0.1) is 5.92 Å². The van der Waals surface area contributed by atoms with Crippen molar-refractivity contribution in [1.82, 2.24) is 20.2 Å². The zero-order chi connectivity index (χ0) is 26.2. The van der Waals surface area contributed by atoms with Gasteiger partial charge in [0.2, 0.25) is 11.9 Å². The molecule has 5 heterocycles. The lowest BCUT2D eigenvalue weighted by Gasteiger charge is -2.44. The van der Waals surface area contributed by atoms with Gasteiger partial charge in [0, 0.05) is 44.2 Å². The van der Waals surface area contributed by atoms with Gasteiger partial charge in [-0.05, 0) is 62.9 Å². The van der Waals surface area contributed by atoms with Crippen molar-refractivity contribution in [1.29, 1.82) is 0 Å². The monoisotopic (exact) mass is 519 g/mol. The first kappa shape index (κ1) is 24.9. The second-order valence-electron chi connectivity index (χ2n) is 11.0. The highest BCUT2D eigenvalue weighted by Gasteiger charge is 2.35. The number of hydrogen-bond donors (Lipinski definition) is 2. The molecule has 1 aromatic heterocycles. The van der Waals surface area contributed by atoms with Crippen LogP contribution in [0.3, 0.4) is 0 Å². The summed E-state index contributed by atoms with van der Waals surface area (Å²) in [6, 6.07) is 6.00. The Bertz CT molecular complexity index is 1210. The molecule has 202 valence electrons. The molecular formula is C28H37N7O3. The van der Waals surface area contributed by atoms with E-state index in [9.17, 15) is 9.59 Å². The quantitative estimate of drug-likeness (QED) is 0.600. The van der Waals surface area contributed by atoms with E-state index in [1.165, 1.54) is 12.8 Å². The van der Waals surface area contributed by atoms with E-state index in [4.69, 9.17) is 9.72 Å². The number of amides is 2. The normalized spacial score (nSPS) is 25.2. The zero-order valence-electron chi connectivity index (χ0n) is 22.3. The summed E-state index contributed by atoms with van der Waals surface area (Å²) >= 11 is 0.